The van der Waals surface area contributed by atoms with Gasteiger partial charge in [-0.15, -0.1) is 4.48 Å². The Bertz CT molecular complexity index is 806. The van der Waals surface area contributed by atoms with Gasteiger partial charge in [0.15, 0.2) is 0 Å². The van der Waals surface area contributed by atoms with E-state index in [0.29, 0.717) is 8.95 Å². The number of benzene rings is 2. The fraction of sp³-hybridized carbons (Fsp3) is 0. The average molecular weight is 473 g/mol. The van der Waals surface area contributed by atoms with Crippen molar-refractivity contribution in [2.24, 2.45) is 0 Å². The topological polar surface area (TPSA) is 71.5 Å². The summed E-state index contributed by atoms with van der Waals surface area (Å²) in [6.07, 6.45) is 0. The van der Waals surface area contributed by atoms with E-state index in [0.717, 1.165) is 24.3 Å². The SMILES string of the molecule is O=S(=O)(c1ccc(Br)cc1)N(F)S(=O)(=O)c1ccc(Br)cc1. The van der Waals surface area contributed by atoms with Gasteiger partial charge in [0.05, 0.1) is 13.7 Å². The van der Waals surface area contributed by atoms with Crippen molar-refractivity contribution in [3.05, 3.63) is 57.5 Å². The van der Waals surface area contributed by atoms with E-state index in [1.54, 1.807) is 0 Å². The van der Waals surface area contributed by atoms with Gasteiger partial charge >= 0.3 is 0 Å². The number of nitrogens with zero attached hydrogens (tertiary/aromatic N) is 1. The molecule has 22 heavy (non-hydrogen) atoms. The molecule has 0 aromatic heterocycles. The van der Waals surface area contributed by atoms with Crippen LogP contribution >= 0.6 is 31.9 Å². The van der Waals surface area contributed by atoms with Gasteiger partial charge in [-0.2, -0.15) is 0 Å². The highest BCUT2D eigenvalue weighted by atomic mass is 79.9. The molecular formula is C12H8Br2FNO4S2. The Hall–Kier alpha value is -0.810. The van der Waals surface area contributed by atoms with Crippen LogP contribution in [0.15, 0.2) is 67.3 Å². The highest BCUT2D eigenvalue weighted by Crippen LogP contribution is 2.26. The number of hydrogen-bond donors (Lipinski definition) is 0. The van der Waals surface area contributed by atoms with Crippen LogP contribution in [-0.2, 0) is 20.0 Å². The van der Waals surface area contributed by atoms with E-state index >= 15 is 0 Å². The van der Waals surface area contributed by atoms with Crippen LogP contribution in [-0.4, -0.2) is 20.8 Å². The quantitative estimate of drug-likeness (QED) is 0.638. The van der Waals surface area contributed by atoms with Gasteiger partial charge in [-0.3, -0.25) is 0 Å². The largest absolute Gasteiger partial charge is 0.283 e. The first-order valence-corrected chi connectivity index (χ1v) is 10.1. The summed E-state index contributed by atoms with van der Waals surface area (Å²) < 4.78 is 62.5. The highest BCUT2D eigenvalue weighted by molar-refractivity contribution is 9.10. The van der Waals surface area contributed by atoms with Gasteiger partial charge < -0.3 is 0 Å². The summed E-state index contributed by atoms with van der Waals surface area (Å²) >= 11 is 6.21. The maximum atomic E-state index is 14.2. The van der Waals surface area contributed by atoms with E-state index in [1.165, 1.54) is 24.3 Å². The first kappa shape index (κ1) is 17.5. The lowest BCUT2D eigenvalue weighted by Gasteiger charge is -2.13. The van der Waals surface area contributed by atoms with Crippen LogP contribution in [0.4, 0.5) is 4.48 Å². The second-order valence-electron chi connectivity index (χ2n) is 4.07. The van der Waals surface area contributed by atoms with Crippen LogP contribution in [0.3, 0.4) is 0 Å². The first-order valence-electron chi connectivity index (χ1n) is 5.63. The van der Waals surface area contributed by atoms with Crippen LogP contribution in [0.2, 0.25) is 0 Å². The molecule has 0 aliphatic heterocycles. The van der Waals surface area contributed by atoms with Crippen LogP contribution < -0.4 is 0 Å². The summed E-state index contributed by atoms with van der Waals surface area (Å²) in [6, 6.07) is 9.87. The third-order valence-electron chi connectivity index (χ3n) is 2.60. The molecule has 2 aromatic carbocycles. The van der Waals surface area contributed by atoms with E-state index in [2.05, 4.69) is 31.9 Å². The minimum Gasteiger partial charge on any atom is -0.203 e. The van der Waals surface area contributed by atoms with Crippen LogP contribution in [0.5, 0.6) is 0 Å². The second kappa shape index (κ2) is 6.36. The molecule has 5 nitrogen and oxygen atoms in total. The number of rotatable bonds is 4. The number of sulfonamides is 2. The molecule has 10 heteroatoms. The van der Waals surface area contributed by atoms with Crippen molar-refractivity contribution in [3.8, 4) is 0 Å². The fourth-order valence-electron chi connectivity index (χ4n) is 1.51. The molecule has 0 amide bonds. The van der Waals surface area contributed by atoms with Crippen LogP contribution in [0.1, 0.15) is 0 Å². The molecule has 118 valence electrons. The van der Waals surface area contributed by atoms with Gasteiger partial charge in [0.25, 0.3) is 20.0 Å². The standard InChI is InChI=1S/C12H8Br2FNO4S2/c13-9-1-5-11(6-2-9)21(17,18)16(15)22(19,20)12-7-3-10(14)4-8-12/h1-8H. The number of hydrogen-bond acceptors (Lipinski definition) is 4. The molecule has 0 fully saturated rings. The molecule has 0 N–H and O–H groups in total. The zero-order valence-electron chi connectivity index (χ0n) is 10.6. The smallest absolute Gasteiger partial charge is 0.203 e. The summed E-state index contributed by atoms with van der Waals surface area (Å²) in [5.41, 5.74) is 0. The molecule has 0 spiro atoms. The highest BCUT2D eigenvalue weighted by Gasteiger charge is 2.37. The predicted octanol–water partition coefficient (Wildman–Crippen LogP) is 3.48. The molecule has 0 unspecified atom stereocenters. The fourth-order valence-corrected chi connectivity index (χ4v) is 4.88. The third kappa shape index (κ3) is 3.40. The molecule has 2 aromatic rings. The Morgan fingerprint density at radius 2 is 0.955 bits per heavy atom. The molecule has 0 atom stereocenters. The Labute approximate surface area is 144 Å². The van der Waals surface area contributed by atoms with Gasteiger partial charge in [0.1, 0.15) is 0 Å². The third-order valence-corrected chi connectivity index (χ3v) is 7.33. The van der Waals surface area contributed by atoms with Gasteiger partial charge in [-0.25, -0.2) is 16.8 Å². The van der Waals surface area contributed by atoms with Crippen LogP contribution in [0.25, 0.3) is 0 Å². The van der Waals surface area contributed by atoms with Gasteiger partial charge in [0.2, 0.25) is 0 Å². The molecular weight excluding hydrogens is 465 g/mol. The Kier molecular flexibility index (Phi) is 5.07. The second-order valence-corrected chi connectivity index (χ2v) is 9.62. The van der Waals surface area contributed by atoms with E-state index < -0.39 is 33.8 Å². The van der Waals surface area contributed by atoms with Crippen molar-refractivity contribution in [1.29, 1.82) is 0 Å². The monoisotopic (exact) mass is 471 g/mol. The predicted molar refractivity (Wildman–Crippen MR) is 85.6 cm³/mol. The Balaban J connectivity index is 2.47. The number of halogens is 3. The lowest BCUT2D eigenvalue weighted by Crippen LogP contribution is -2.29. The van der Waals surface area contributed by atoms with Crippen molar-refractivity contribution in [2.45, 2.75) is 9.79 Å². The van der Waals surface area contributed by atoms with E-state index in [4.69, 9.17) is 0 Å². The molecule has 0 bridgehead atoms. The normalized spacial score (nSPS) is 12.5. The van der Waals surface area contributed by atoms with Gasteiger partial charge in [0, 0.05) is 8.95 Å². The molecule has 0 aliphatic carbocycles. The van der Waals surface area contributed by atoms with Gasteiger partial charge in [-0.1, -0.05) is 31.9 Å². The maximum Gasteiger partial charge on any atom is 0.283 e. The summed E-state index contributed by atoms with van der Waals surface area (Å²) in [7, 11) is -9.65. The average Bonchev–Trinajstić information content (AvgIpc) is 2.47. The van der Waals surface area contributed by atoms with E-state index in [-0.39, 0.29) is 0 Å². The summed E-state index contributed by atoms with van der Waals surface area (Å²) in [6.45, 7) is 0. The van der Waals surface area contributed by atoms with Crippen molar-refractivity contribution in [1.82, 2.24) is 3.93 Å². The van der Waals surface area contributed by atoms with Crippen LogP contribution in [0, 0.1) is 0 Å². The van der Waals surface area contributed by atoms with Crippen molar-refractivity contribution < 1.29 is 21.3 Å². The molecule has 0 saturated carbocycles. The van der Waals surface area contributed by atoms with E-state index in [1.807, 2.05) is 0 Å². The zero-order valence-corrected chi connectivity index (χ0v) is 15.5. The molecule has 0 aliphatic rings. The minimum atomic E-state index is -4.83. The van der Waals surface area contributed by atoms with E-state index in [9.17, 15) is 21.3 Å². The first-order chi connectivity index (χ1) is 10.2. The summed E-state index contributed by atoms with van der Waals surface area (Å²) in [5, 5.41) is 0. The molecule has 0 heterocycles. The molecule has 0 radical (unpaired) electrons. The Morgan fingerprint density at radius 3 is 1.23 bits per heavy atom. The Morgan fingerprint density at radius 1 is 0.682 bits per heavy atom. The maximum absolute atomic E-state index is 14.2. The summed E-state index contributed by atoms with van der Waals surface area (Å²) in [4.78, 5) is -0.947. The van der Waals surface area contributed by atoms with Crippen molar-refractivity contribution in [2.75, 3.05) is 0 Å². The van der Waals surface area contributed by atoms with Crippen molar-refractivity contribution >= 4 is 51.9 Å². The van der Waals surface area contributed by atoms with Crippen molar-refractivity contribution in [3.63, 3.8) is 0 Å². The minimum absolute atomic E-state index is 0.473. The zero-order chi connectivity index (χ0) is 16.5. The molecule has 2 rings (SSSR count). The van der Waals surface area contributed by atoms with Gasteiger partial charge in [-0.05, 0) is 48.5 Å². The molecule has 0 saturated heterocycles. The summed E-state index contributed by atoms with van der Waals surface area (Å²) in [5.74, 6) is 0. The lowest BCUT2D eigenvalue weighted by atomic mass is 10.4. The lowest BCUT2D eigenvalue weighted by molar-refractivity contribution is 0.250.